The van der Waals surface area contributed by atoms with Crippen LogP contribution in [0.15, 0.2) is 51.7 Å². The van der Waals surface area contributed by atoms with Gasteiger partial charge in [-0.1, -0.05) is 30.3 Å². The van der Waals surface area contributed by atoms with Crippen LogP contribution in [0.3, 0.4) is 0 Å². The van der Waals surface area contributed by atoms with Gasteiger partial charge in [-0.15, -0.1) is 0 Å². The number of carboxylic acid groups (broad SMARTS) is 1. The summed E-state index contributed by atoms with van der Waals surface area (Å²) in [5, 5.41) is 9.50. The summed E-state index contributed by atoms with van der Waals surface area (Å²) in [6.45, 7) is 5.22. The fourth-order valence-corrected chi connectivity index (χ4v) is 2.55. The zero-order valence-corrected chi connectivity index (χ0v) is 14.2. The maximum atomic E-state index is 13.0. The molecule has 0 amide bonds. The molecule has 0 unspecified atom stereocenters. The fourth-order valence-electron chi connectivity index (χ4n) is 2.55. The largest absolute Gasteiger partial charge is 0.479 e. The zero-order chi connectivity index (χ0) is 18.1. The standard InChI is InChI=1S/C20H18O5/c1-11-9-15-16(10-12(11)2)25-18(14-7-5-4-6-8-14)19(17(15)21)24-13(3)20(22)23/h4-10,13H,1-3H3,(H,22,23)/t13-/m1/s1. The molecule has 25 heavy (non-hydrogen) atoms. The normalized spacial score (nSPS) is 12.1. The van der Waals surface area contributed by atoms with Gasteiger partial charge < -0.3 is 14.3 Å². The number of carboxylic acids is 1. The zero-order valence-electron chi connectivity index (χ0n) is 14.2. The van der Waals surface area contributed by atoms with Crippen molar-refractivity contribution in [2.75, 3.05) is 0 Å². The molecule has 0 aliphatic rings. The second kappa shape index (κ2) is 6.43. The minimum Gasteiger partial charge on any atom is -0.479 e. The van der Waals surface area contributed by atoms with E-state index in [1.54, 1.807) is 18.2 Å². The first-order valence-electron chi connectivity index (χ1n) is 7.91. The summed E-state index contributed by atoms with van der Waals surface area (Å²) in [4.78, 5) is 24.1. The maximum absolute atomic E-state index is 13.0. The number of benzene rings is 2. The summed E-state index contributed by atoms with van der Waals surface area (Å²) in [5.74, 6) is -1.01. The van der Waals surface area contributed by atoms with Crippen molar-refractivity contribution >= 4 is 16.9 Å². The van der Waals surface area contributed by atoms with Crippen LogP contribution < -0.4 is 10.2 Å². The molecule has 0 saturated heterocycles. The summed E-state index contributed by atoms with van der Waals surface area (Å²) in [6, 6.07) is 12.6. The molecular weight excluding hydrogens is 320 g/mol. The van der Waals surface area contributed by atoms with Crippen molar-refractivity contribution in [3.63, 3.8) is 0 Å². The van der Waals surface area contributed by atoms with Gasteiger partial charge in [-0.25, -0.2) is 4.79 Å². The van der Waals surface area contributed by atoms with Crippen LogP contribution in [0, 0.1) is 13.8 Å². The van der Waals surface area contributed by atoms with Crippen LogP contribution in [0.5, 0.6) is 5.75 Å². The predicted octanol–water partition coefficient (Wildman–Crippen LogP) is 3.93. The lowest BCUT2D eigenvalue weighted by atomic mass is 10.0. The fraction of sp³-hybridized carbons (Fsp3) is 0.200. The van der Waals surface area contributed by atoms with Crippen molar-refractivity contribution in [1.29, 1.82) is 0 Å². The van der Waals surface area contributed by atoms with E-state index >= 15 is 0 Å². The summed E-state index contributed by atoms with van der Waals surface area (Å²) < 4.78 is 11.4. The van der Waals surface area contributed by atoms with Crippen molar-refractivity contribution in [1.82, 2.24) is 0 Å². The van der Waals surface area contributed by atoms with Gasteiger partial charge in [0, 0.05) is 5.56 Å². The minimum absolute atomic E-state index is 0.0862. The molecule has 0 fully saturated rings. The lowest BCUT2D eigenvalue weighted by Crippen LogP contribution is -2.26. The van der Waals surface area contributed by atoms with E-state index in [1.165, 1.54) is 6.92 Å². The van der Waals surface area contributed by atoms with Gasteiger partial charge in [0.1, 0.15) is 5.58 Å². The number of fused-ring (bicyclic) bond motifs is 1. The smallest absolute Gasteiger partial charge is 0.344 e. The number of aliphatic carboxylic acids is 1. The van der Waals surface area contributed by atoms with E-state index in [0.29, 0.717) is 16.5 Å². The Balaban J connectivity index is 2.32. The summed E-state index contributed by atoms with van der Waals surface area (Å²) in [5.41, 5.74) is 2.66. The van der Waals surface area contributed by atoms with Crippen molar-refractivity contribution in [3.8, 4) is 17.1 Å². The van der Waals surface area contributed by atoms with E-state index in [1.807, 2.05) is 38.1 Å². The van der Waals surface area contributed by atoms with Crippen LogP contribution >= 0.6 is 0 Å². The second-order valence-corrected chi connectivity index (χ2v) is 5.99. The first-order valence-corrected chi connectivity index (χ1v) is 7.91. The summed E-state index contributed by atoms with van der Waals surface area (Å²) in [6.07, 6.45) is -1.17. The highest BCUT2D eigenvalue weighted by atomic mass is 16.5. The average Bonchev–Trinajstić information content (AvgIpc) is 2.59. The third kappa shape index (κ3) is 3.13. The Bertz CT molecular complexity index is 1000. The summed E-state index contributed by atoms with van der Waals surface area (Å²) in [7, 11) is 0. The topological polar surface area (TPSA) is 76.7 Å². The number of carbonyl (C=O) groups is 1. The Kier molecular flexibility index (Phi) is 4.31. The number of ether oxygens (including phenoxy) is 1. The molecule has 128 valence electrons. The third-order valence-corrected chi connectivity index (χ3v) is 4.14. The highest BCUT2D eigenvalue weighted by Crippen LogP contribution is 2.32. The quantitative estimate of drug-likeness (QED) is 0.780. The second-order valence-electron chi connectivity index (χ2n) is 5.99. The van der Waals surface area contributed by atoms with Crippen molar-refractivity contribution in [2.45, 2.75) is 26.9 Å². The predicted molar refractivity (Wildman–Crippen MR) is 95.1 cm³/mol. The molecule has 0 aliphatic heterocycles. The minimum atomic E-state index is -1.17. The lowest BCUT2D eigenvalue weighted by Gasteiger charge is -2.14. The van der Waals surface area contributed by atoms with E-state index in [4.69, 9.17) is 14.3 Å². The van der Waals surface area contributed by atoms with Crippen LogP contribution in [0.2, 0.25) is 0 Å². The van der Waals surface area contributed by atoms with Gasteiger partial charge >= 0.3 is 5.97 Å². The molecule has 2 aromatic carbocycles. The average molecular weight is 338 g/mol. The van der Waals surface area contributed by atoms with E-state index in [-0.39, 0.29) is 16.9 Å². The molecule has 5 nitrogen and oxygen atoms in total. The molecule has 3 rings (SSSR count). The molecular formula is C20H18O5. The maximum Gasteiger partial charge on any atom is 0.344 e. The molecule has 0 radical (unpaired) electrons. The lowest BCUT2D eigenvalue weighted by molar-refractivity contribution is -0.144. The van der Waals surface area contributed by atoms with Crippen LogP contribution in [-0.4, -0.2) is 17.2 Å². The van der Waals surface area contributed by atoms with Gasteiger partial charge in [-0.3, -0.25) is 4.79 Å². The van der Waals surface area contributed by atoms with Gasteiger partial charge in [0.05, 0.1) is 5.39 Å². The highest BCUT2D eigenvalue weighted by molar-refractivity contribution is 5.83. The molecule has 1 heterocycles. The van der Waals surface area contributed by atoms with Gasteiger partial charge in [-0.05, 0) is 44.0 Å². The molecule has 3 aromatic rings. The van der Waals surface area contributed by atoms with Crippen molar-refractivity contribution < 1.29 is 19.1 Å². The molecule has 0 aliphatic carbocycles. The molecule has 0 bridgehead atoms. The Morgan fingerprint density at radius 2 is 1.76 bits per heavy atom. The molecule has 0 saturated carbocycles. The monoisotopic (exact) mass is 338 g/mol. The van der Waals surface area contributed by atoms with Gasteiger partial charge in [0.15, 0.2) is 11.9 Å². The first-order chi connectivity index (χ1) is 11.9. The molecule has 1 N–H and O–H groups in total. The number of rotatable bonds is 4. The van der Waals surface area contributed by atoms with Crippen LogP contribution in [0.25, 0.3) is 22.3 Å². The van der Waals surface area contributed by atoms with Crippen LogP contribution in [-0.2, 0) is 4.79 Å². The van der Waals surface area contributed by atoms with Crippen molar-refractivity contribution in [3.05, 3.63) is 63.8 Å². The van der Waals surface area contributed by atoms with Gasteiger partial charge in [0.2, 0.25) is 11.2 Å². The van der Waals surface area contributed by atoms with Crippen LogP contribution in [0.4, 0.5) is 0 Å². The third-order valence-electron chi connectivity index (χ3n) is 4.14. The van der Waals surface area contributed by atoms with Gasteiger partial charge in [-0.2, -0.15) is 0 Å². The molecule has 5 heteroatoms. The first kappa shape index (κ1) is 16.8. The SMILES string of the molecule is Cc1cc2oc(-c3ccccc3)c(O[C@H](C)C(=O)O)c(=O)c2cc1C. The molecule has 1 aromatic heterocycles. The number of aryl methyl sites for hydroxylation is 2. The molecule has 1 atom stereocenters. The van der Waals surface area contributed by atoms with Gasteiger partial charge in [0.25, 0.3) is 0 Å². The molecule has 0 spiro atoms. The number of hydrogen-bond acceptors (Lipinski definition) is 4. The summed E-state index contributed by atoms with van der Waals surface area (Å²) >= 11 is 0. The van der Waals surface area contributed by atoms with E-state index in [9.17, 15) is 9.59 Å². The number of hydrogen-bond donors (Lipinski definition) is 1. The Hall–Kier alpha value is -3.08. The van der Waals surface area contributed by atoms with E-state index < -0.39 is 12.1 Å². The van der Waals surface area contributed by atoms with E-state index in [0.717, 1.165) is 11.1 Å². The highest BCUT2D eigenvalue weighted by Gasteiger charge is 2.22. The van der Waals surface area contributed by atoms with E-state index in [2.05, 4.69) is 0 Å². The Morgan fingerprint density at radius 3 is 2.40 bits per heavy atom. The Labute approximate surface area is 144 Å². The van der Waals surface area contributed by atoms with Crippen molar-refractivity contribution in [2.24, 2.45) is 0 Å². The van der Waals surface area contributed by atoms with Crippen LogP contribution in [0.1, 0.15) is 18.1 Å². The Morgan fingerprint density at radius 1 is 1.12 bits per heavy atom.